The molecule has 0 aliphatic carbocycles. The van der Waals surface area contributed by atoms with Gasteiger partial charge in [-0.1, -0.05) is 5.16 Å². The number of carbonyl (C=O) groups excluding carboxylic acids is 1. The second-order valence-corrected chi connectivity index (χ2v) is 2.69. The van der Waals surface area contributed by atoms with Crippen LogP contribution in [0, 0.1) is 0 Å². The molecule has 0 amide bonds. The van der Waals surface area contributed by atoms with E-state index in [4.69, 9.17) is 5.73 Å². The number of anilines is 1. The summed E-state index contributed by atoms with van der Waals surface area (Å²) in [7, 11) is 1.34. The lowest BCUT2D eigenvalue weighted by Gasteiger charge is -1.89. The first-order valence-corrected chi connectivity index (χ1v) is 3.86. The quantitative estimate of drug-likeness (QED) is 0.537. The fourth-order valence-corrected chi connectivity index (χ4v) is 1.15. The average molecular weight is 184 g/mol. The van der Waals surface area contributed by atoms with Crippen molar-refractivity contribution in [3.8, 4) is 0 Å². The first-order chi connectivity index (χ1) is 5.77. The van der Waals surface area contributed by atoms with Crippen LogP contribution in [0.25, 0.3) is 0 Å². The monoisotopic (exact) mass is 184 g/mol. The van der Waals surface area contributed by atoms with Crippen molar-refractivity contribution in [2.75, 3.05) is 12.8 Å². The van der Waals surface area contributed by atoms with Crippen LogP contribution in [0.15, 0.2) is 10.5 Å². The molecule has 0 aliphatic rings. The van der Waals surface area contributed by atoms with Crippen molar-refractivity contribution in [3.63, 3.8) is 0 Å². The van der Waals surface area contributed by atoms with Crippen LogP contribution in [0.4, 0.5) is 5.13 Å². The molecule has 2 N–H and O–H groups in total. The van der Waals surface area contributed by atoms with Crippen molar-refractivity contribution in [2.45, 2.75) is 0 Å². The molecular formula is C6H6N3O2S. The molecule has 1 aromatic rings. The Kier molecular flexibility index (Phi) is 2.76. The van der Waals surface area contributed by atoms with Gasteiger partial charge in [-0.25, -0.2) is 4.98 Å². The largest absolute Gasteiger partial charge is 0.398 e. The fourth-order valence-electron chi connectivity index (χ4n) is 0.605. The van der Waals surface area contributed by atoms with E-state index in [1.54, 1.807) is 11.7 Å². The van der Waals surface area contributed by atoms with Crippen molar-refractivity contribution in [2.24, 2.45) is 5.16 Å². The molecule has 1 rings (SSSR count). The van der Waals surface area contributed by atoms with Crippen LogP contribution in [-0.2, 0) is 9.63 Å². The summed E-state index contributed by atoms with van der Waals surface area (Å²) in [5.41, 5.74) is 5.75. The number of nitrogen functional groups attached to an aromatic ring is 1. The van der Waals surface area contributed by atoms with Crippen molar-refractivity contribution < 1.29 is 9.63 Å². The van der Waals surface area contributed by atoms with Gasteiger partial charge in [0.15, 0.2) is 10.8 Å². The van der Waals surface area contributed by atoms with Crippen LogP contribution in [0.3, 0.4) is 0 Å². The third kappa shape index (κ3) is 1.79. The first-order valence-electron chi connectivity index (χ1n) is 2.98. The second kappa shape index (κ2) is 3.82. The molecule has 0 fully saturated rings. The zero-order chi connectivity index (χ0) is 8.97. The number of rotatable bonds is 3. The minimum absolute atomic E-state index is 0.0189. The van der Waals surface area contributed by atoms with Gasteiger partial charge in [-0.2, -0.15) is 0 Å². The van der Waals surface area contributed by atoms with Gasteiger partial charge >= 0.3 is 0 Å². The highest BCUT2D eigenvalue weighted by Gasteiger charge is 2.07. The van der Waals surface area contributed by atoms with Crippen LogP contribution in [0.2, 0.25) is 0 Å². The highest BCUT2D eigenvalue weighted by molar-refractivity contribution is 7.13. The van der Waals surface area contributed by atoms with Crippen molar-refractivity contribution in [1.82, 2.24) is 4.98 Å². The van der Waals surface area contributed by atoms with Crippen LogP contribution < -0.4 is 5.73 Å². The normalized spacial score (nSPS) is 11.2. The summed E-state index contributed by atoms with van der Waals surface area (Å²) in [6, 6.07) is 0. The lowest BCUT2D eigenvalue weighted by atomic mass is 10.3. The highest BCUT2D eigenvalue weighted by Crippen LogP contribution is 2.11. The molecule has 0 atom stereocenters. The SMILES string of the molecule is CO/N=C(\[C]=O)c1csc(N)n1. The third-order valence-corrected chi connectivity index (χ3v) is 1.72. The zero-order valence-electron chi connectivity index (χ0n) is 6.27. The molecular weight excluding hydrogens is 178 g/mol. The minimum Gasteiger partial charge on any atom is -0.398 e. The number of nitrogens with two attached hydrogens (primary N) is 1. The van der Waals surface area contributed by atoms with Gasteiger partial charge in [-0.05, 0) is 0 Å². The first kappa shape index (κ1) is 8.66. The molecule has 0 saturated carbocycles. The Morgan fingerprint density at radius 3 is 3.08 bits per heavy atom. The topological polar surface area (TPSA) is 77.6 Å². The Morgan fingerprint density at radius 1 is 1.92 bits per heavy atom. The Labute approximate surface area is 72.9 Å². The smallest absolute Gasteiger partial charge is 0.259 e. The molecule has 0 spiro atoms. The van der Waals surface area contributed by atoms with Gasteiger partial charge in [-0.15, -0.1) is 11.3 Å². The molecule has 1 heterocycles. The highest BCUT2D eigenvalue weighted by atomic mass is 32.1. The number of thiazole rings is 1. The fraction of sp³-hybridized carbons (Fsp3) is 0.167. The van der Waals surface area contributed by atoms with Crippen molar-refractivity contribution >= 4 is 28.5 Å². The Bertz CT molecular complexity index is 307. The lowest BCUT2D eigenvalue weighted by molar-refractivity contribution is 0.214. The predicted octanol–water partition coefficient (Wildman–Crippen LogP) is 0.186. The molecule has 0 saturated heterocycles. The maximum absolute atomic E-state index is 10.3. The van der Waals surface area contributed by atoms with E-state index < -0.39 is 0 Å². The Hall–Kier alpha value is -1.43. The average Bonchev–Trinajstić information content (AvgIpc) is 2.47. The van der Waals surface area contributed by atoms with Crippen molar-refractivity contribution in [1.29, 1.82) is 0 Å². The second-order valence-electron chi connectivity index (χ2n) is 1.80. The number of nitrogens with zero attached hydrogens (tertiary/aromatic N) is 2. The number of hydrogen-bond acceptors (Lipinski definition) is 6. The van der Waals surface area contributed by atoms with E-state index in [0.717, 1.165) is 0 Å². The van der Waals surface area contributed by atoms with E-state index in [0.29, 0.717) is 10.8 Å². The molecule has 1 radical (unpaired) electrons. The maximum Gasteiger partial charge on any atom is 0.259 e. The predicted molar refractivity (Wildman–Crippen MR) is 45.8 cm³/mol. The Balaban J connectivity index is 2.94. The molecule has 63 valence electrons. The van der Waals surface area contributed by atoms with Gasteiger partial charge in [0.25, 0.3) is 6.29 Å². The minimum atomic E-state index is 0.0189. The van der Waals surface area contributed by atoms with Crippen molar-refractivity contribution in [3.05, 3.63) is 11.1 Å². The molecule has 0 bridgehead atoms. The lowest BCUT2D eigenvalue weighted by Crippen LogP contribution is -2.03. The third-order valence-electron chi connectivity index (χ3n) is 1.04. The van der Waals surface area contributed by atoms with E-state index in [2.05, 4.69) is 15.0 Å². The molecule has 1 aromatic heterocycles. The summed E-state index contributed by atoms with van der Waals surface area (Å²) in [5.74, 6) is 0. The summed E-state index contributed by atoms with van der Waals surface area (Å²) in [6.45, 7) is 0. The van der Waals surface area contributed by atoms with E-state index in [1.807, 2.05) is 0 Å². The van der Waals surface area contributed by atoms with E-state index in [1.165, 1.54) is 18.4 Å². The zero-order valence-corrected chi connectivity index (χ0v) is 7.09. The van der Waals surface area contributed by atoms with Crippen LogP contribution in [0.1, 0.15) is 5.69 Å². The molecule has 12 heavy (non-hydrogen) atoms. The molecule has 0 aliphatic heterocycles. The summed E-state index contributed by atoms with van der Waals surface area (Å²) in [5, 5.41) is 5.40. The van der Waals surface area contributed by atoms with E-state index in [-0.39, 0.29) is 5.71 Å². The molecule has 0 unspecified atom stereocenters. The summed E-state index contributed by atoms with van der Waals surface area (Å²) in [4.78, 5) is 18.5. The van der Waals surface area contributed by atoms with Crippen LogP contribution in [0.5, 0.6) is 0 Å². The molecule has 6 heteroatoms. The molecule has 0 aromatic carbocycles. The van der Waals surface area contributed by atoms with E-state index >= 15 is 0 Å². The van der Waals surface area contributed by atoms with Gasteiger partial charge in [0.2, 0.25) is 0 Å². The van der Waals surface area contributed by atoms with Gasteiger partial charge in [0, 0.05) is 5.38 Å². The molecule has 5 nitrogen and oxygen atoms in total. The summed E-state index contributed by atoms with van der Waals surface area (Å²) >= 11 is 1.23. The number of hydrogen-bond donors (Lipinski definition) is 1. The standard InChI is InChI=1S/C6H6N3O2S/c1-11-9-4(2-10)5-3-12-6(7)8-5/h3H,1H3,(H2,7,8)/b9-4+. The summed E-state index contributed by atoms with van der Waals surface area (Å²) in [6.07, 6.45) is 1.60. The summed E-state index contributed by atoms with van der Waals surface area (Å²) < 4.78 is 0. The van der Waals surface area contributed by atoms with Crippen LogP contribution in [-0.4, -0.2) is 24.1 Å². The van der Waals surface area contributed by atoms with E-state index in [9.17, 15) is 4.79 Å². The van der Waals surface area contributed by atoms with Gasteiger partial charge in [-0.3, -0.25) is 4.79 Å². The van der Waals surface area contributed by atoms with Gasteiger partial charge < -0.3 is 10.6 Å². The Morgan fingerprint density at radius 2 is 2.67 bits per heavy atom. The van der Waals surface area contributed by atoms with Gasteiger partial charge in [0.1, 0.15) is 12.8 Å². The van der Waals surface area contributed by atoms with Crippen LogP contribution >= 0.6 is 11.3 Å². The number of aromatic nitrogens is 1. The maximum atomic E-state index is 10.3. The van der Waals surface area contributed by atoms with Gasteiger partial charge in [0.05, 0.1) is 0 Å². The number of oxime groups is 1.